The van der Waals surface area contributed by atoms with Crippen LogP contribution in [0.2, 0.25) is 0 Å². The van der Waals surface area contributed by atoms with E-state index in [1.165, 1.54) is 0 Å². The fraction of sp³-hybridized carbons (Fsp3) is 0. The zero-order chi connectivity index (χ0) is 10.4. The third-order valence-electron chi connectivity index (χ3n) is 2.36. The van der Waals surface area contributed by atoms with Gasteiger partial charge in [-0.2, -0.15) is 5.10 Å². The van der Waals surface area contributed by atoms with Gasteiger partial charge >= 0.3 is 0 Å². The molecular weight excluding hydrogens is 192 g/mol. The van der Waals surface area contributed by atoms with Crippen LogP contribution in [0.3, 0.4) is 0 Å². The highest BCUT2D eigenvalue weighted by atomic mass is 16.3. The predicted molar refractivity (Wildman–Crippen MR) is 57.5 cm³/mol. The zero-order valence-electron chi connectivity index (χ0n) is 7.73. The summed E-state index contributed by atoms with van der Waals surface area (Å²) in [5.41, 5.74) is 7.11. The Morgan fingerprint density at radius 3 is 3.00 bits per heavy atom. The van der Waals surface area contributed by atoms with Crippen molar-refractivity contribution in [1.29, 1.82) is 0 Å². The number of nitrogens with zero attached hydrogens (tertiary/aromatic N) is 2. The molecule has 74 valence electrons. The van der Waals surface area contributed by atoms with E-state index in [-0.39, 0.29) is 5.75 Å². The first kappa shape index (κ1) is 8.05. The quantitative estimate of drug-likeness (QED) is 0.511. The van der Waals surface area contributed by atoms with Crippen molar-refractivity contribution in [2.24, 2.45) is 0 Å². The predicted octanol–water partition coefficient (Wildman–Crippen LogP) is 1.40. The summed E-state index contributed by atoms with van der Waals surface area (Å²) in [6, 6.07) is 6.85. The Balaban J connectivity index is 2.50. The van der Waals surface area contributed by atoms with Crippen LogP contribution in [0.5, 0.6) is 5.75 Å². The standard InChI is InChI=1S/C10H8N4O/c11-9-7-4-5-3-6(15)1-2-8(5)12-10(7)14-13-9/h1-4,15H,(H3,11,12,13,14). The van der Waals surface area contributed by atoms with E-state index >= 15 is 0 Å². The summed E-state index contributed by atoms with van der Waals surface area (Å²) in [5, 5.41) is 17.6. The minimum Gasteiger partial charge on any atom is -0.508 e. The maximum Gasteiger partial charge on any atom is 0.158 e. The van der Waals surface area contributed by atoms with E-state index in [1.807, 2.05) is 6.07 Å². The number of rotatable bonds is 0. The van der Waals surface area contributed by atoms with Gasteiger partial charge in [-0.3, -0.25) is 5.10 Å². The van der Waals surface area contributed by atoms with Gasteiger partial charge in [-0.1, -0.05) is 0 Å². The number of hydrogen-bond donors (Lipinski definition) is 3. The van der Waals surface area contributed by atoms with Gasteiger partial charge < -0.3 is 10.8 Å². The molecule has 0 radical (unpaired) electrons. The molecule has 15 heavy (non-hydrogen) atoms. The summed E-state index contributed by atoms with van der Waals surface area (Å²) in [6.45, 7) is 0. The number of phenols is 1. The Bertz CT molecular complexity index is 659. The third-order valence-corrected chi connectivity index (χ3v) is 2.36. The summed E-state index contributed by atoms with van der Waals surface area (Å²) in [6.07, 6.45) is 0. The smallest absolute Gasteiger partial charge is 0.158 e. The van der Waals surface area contributed by atoms with E-state index in [0.717, 1.165) is 16.3 Å². The highest BCUT2D eigenvalue weighted by Gasteiger charge is 2.05. The lowest BCUT2D eigenvalue weighted by Gasteiger charge is -1.98. The summed E-state index contributed by atoms with van der Waals surface area (Å²) < 4.78 is 0. The first-order valence-electron chi connectivity index (χ1n) is 4.47. The lowest BCUT2D eigenvalue weighted by Crippen LogP contribution is -1.84. The highest BCUT2D eigenvalue weighted by molar-refractivity contribution is 5.96. The average Bonchev–Trinajstić information content (AvgIpc) is 2.57. The number of H-pyrrole nitrogens is 1. The molecule has 2 aromatic heterocycles. The molecule has 0 aliphatic rings. The SMILES string of the molecule is Nc1n[nH]c2nc3ccc(O)cc3cc12. The molecule has 1 aromatic carbocycles. The molecule has 0 fully saturated rings. The second-order valence-corrected chi connectivity index (χ2v) is 3.37. The monoisotopic (exact) mass is 200 g/mol. The Kier molecular flexibility index (Phi) is 1.39. The molecule has 3 rings (SSSR count). The van der Waals surface area contributed by atoms with Crippen LogP contribution in [0, 0.1) is 0 Å². The molecule has 4 N–H and O–H groups in total. The molecule has 0 aliphatic carbocycles. The van der Waals surface area contributed by atoms with Crippen molar-refractivity contribution in [2.75, 3.05) is 5.73 Å². The van der Waals surface area contributed by atoms with Gasteiger partial charge in [-0.05, 0) is 24.3 Å². The second kappa shape index (κ2) is 2.60. The fourth-order valence-electron chi connectivity index (χ4n) is 1.62. The Labute approximate surface area is 84.5 Å². The number of aromatic nitrogens is 3. The van der Waals surface area contributed by atoms with Crippen LogP contribution < -0.4 is 5.73 Å². The van der Waals surface area contributed by atoms with Gasteiger partial charge in [-0.15, -0.1) is 0 Å². The Hall–Kier alpha value is -2.30. The summed E-state index contributed by atoms with van der Waals surface area (Å²) in [5.74, 6) is 0.633. The van der Waals surface area contributed by atoms with E-state index in [0.29, 0.717) is 11.5 Å². The van der Waals surface area contributed by atoms with Crippen LogP contribution in [0.4, 0.5) is 5.82 Å². The van der Waals surface area contributed by atoms with Crippen LogP contribution in [0.15, 0.2) is 24.3 Å². The number of nitrogens with one attached hydrogen (secondary N) is 1. The second-order valence-electron chi connectivity index (χ2n) is 3.37. The van der Waals surface area contributed by atoms with Gasteiger partial charge in [-0.25, -0.2) is 4.98 Å². The molecule has 3 aromatic rings. The zero-order valence-corrected chi connectivity index (χ0v) is 7.73. The minimum atomic E-state index is 0.214. The van der Waals surface area contributed by atoms with Gasteiger partial charge in [0.15, 0.2) is 11.5 Å². The number of hydrogen-bond acceptors (Lipinski definition) is 4. The van der Waals surface area contributed by atoms with Crippen molar-refractivity contribution < 1.29 is 5.11 Å². The minimum absolute atomic E-state index is 0.214. The number of fused-ring (bicyclic) bond motifs is 2. The number of aromatic hydroxyl groups is 1. The molecule has 5 nitrogen and oxygen atoms in total. The summed E-state index contributed by atoms with van der Waals surface area (Å²) in [4.78, 5) is 4.33. The number of anilines is 1. The average molecular weight is 200 g/mol. The molecule has 0 atom stereocenters. The van der Waals surface area contributed by atoms with E-state index in [2.05, 4.69) is 15.2 Å². The lowest BCUT2D eigenvalue weighted by molar-refractivity contribution is 0.476. The molecule has 0 saturated carbocycles. The van der Waals surface area contributed by atoms with Crippen molar-refractivity contribution in [3.63, 3.8) is 0 Å². The first-order valence-corrected chi connectivity index (χ1v) is 4.47. The number of pyridine rings is 1. The molecule has 0 unspecified atom stereocenters. The van der Waals surface area contributed by atoms with Gasteiger partial charge in [0.05, 0.1) is 10.9 Å². The highest BCUT2D eigenvalue weighted by Crippen LogP contribution is 2.24. The maximum absolute atomic E-state index is 9.34. The normalized spacial score (nSPS) is 11.2. The van der Waals surface area contributed by atoms with Crippen molar-refractivity contribution >= 4 is 27.8 Å². The number of nitrogens with two attached hydrogens (primary N) is 1. The Morgan fingerprint density at radius 2 is 2.13 bits per heavy atom. The summed E-state index contributed by atoms with van der Waals surface area (Å²) >= 11 is 0. The molecule has 2 heterocycles. The van der Waals surface area contributed by atoms with E-state index in [9.17, 15) is 5.11 Å². The molecule has 0 bridgehead atoms. The topological polar surface area (TPSA) is 87.8 Å². The van der Waals surface area contributed by atoms with Crippen LogP contribution in [-0.2, 0) is 0 Å². The van der Waals surface area contributed by atoms with E-state index < -0.39 is 0 Å². The summed E-state index contributed by atoms with van der Waals surface area (Å²) in [7, 11) is 0. The molecule has 0 aliphatic heterocycles. The van der Waals surface area contributed by atoms with Gasteiger partial charge in [0.25, 0.3) is 0 Å². The molecule has 5 heteroatoms. The number of phenolic OH excluding ortho intramolecular Hbond substituents is 1. The molecule has 0 spiro atoms. The van der Waals surface area contributed by atoms with Crippen LogP contribution in [0.25, 0.3) is 21.9 Å². The Morgan fingerprint density at radius 1 is 1.27 bits per heavy atom. The molecule has 0 amide bonds. The third kappa shape index (κ3) is 1.10. The number of nitrogen functional groups attached to an aromatic ring is 1. The van der Waals surface area contributed by atoms with Gasteiger partial charge in [0.1, 0.15) is 5.75 Å². The lowest BCUT2D eigenvalue weighted by atomic mass is 10.2. The van der Waals surface area contributed by atoms with E-state index in [1.54, 1.807) is 18.2 Å². The maximum atomic E-state index is 9.34. The fourth-order valence-corrected chi connectivity index (χ4v) is 1.62. The van der Waals surface area contributed by atoms with Gasteiger partial charge in [0.2, 0.25) is 0 Å². The number of benzene rings is 1. The van der Waals surface area contributed by atoms with Crippen LogP contribution >= 0.6 is 0 Å². The van der Waals surface area contributed by atoms with Crippen molar-refractivity contribution in [2.45, 2.75) is 0 Å². The number of aromatic amines is 1. The van der Waals surface area contributed by atoms with Crippen molar-refractivity contribution in [1.82, 2.24) is 15.2 Å². The van der Waals surface area contributed by atoms with Crippen LogP contribution in [0.1, 0.15) is 0 Å². The van der Waals surface area contributed by atoms with Crippen molar-refractivity contribution in [3.05, 3.63) is 24.3 Å². The molecule has 0 saturated heterocycles. The largest absolute Gasteiger partial charge is 0.508 e. The first-order chi connectivity index (χ1) is 7.24. The van der Waals surface area contributed by atoms with Gasteiger partial charge in [0, 0.05) is 5.39 Å². The van der Waals surface area contributed by atoms with Crippen LogP contribution in [-0.4, -0.2) is 20.3 Å². The van der Waals surface area contributed by atoms with E-state index in [4.69, 9.17) is 5.73 Å². The molecular formula is C10H8N4O. The van der Waals surface area contributed by atoms with Crippen molar-refractivity contribution in [3.8, 4) is 5.75 Å².